The predicted molar refractivity (Wildman–Crippen MR) is 205 cm³/mol. The zero-order chi connectivity index (χ0) is 41.5. The van der Waals surface area contributed by atoms with E-state index in [1.54, 1.807) is 0 Å². The van der Waals surface area contributed by atoms with Gasteiger partial charge in [-0.1, -0.05) is 80.7 Å². The summed E-state index contributed by atoms with van der Waals surface area (Å²) in [5, 5.41) is 11.0. The Morgan fingerprint density at radius 3 is 2.11 bits per heavy atom. The van der Waals surface area contributed by atoms with Crippen molar-refractivity contribution in [3.05, 3.63) is 12.7 Å². The Kier molecular flexibility index (Phi) is 15.2. The quantitative estimate of drug-likeness (QED) is 0.0501. The van der Waals surface area contributed by atoms with Crippen molar-refractivity contribution in [2.75, 3.05) is 26.2 Å². The Hall–Kier alpha value is -4.30. The first-order valence-corrected chi connectivity index (χ1v) is 19.6. The largest absolute Gasteiger partial charge is 0.466 e. The molecule has 1 saturated carbocycles. The van der Waals surface area contributed by atoms with Gasteiger partial charge in [-0.15, -0.1) is 6.58 Å². The van der Waals surface area contributed by atoms with Crippen molar-refractivity contribution in [3.63, 3.8) is 0 Å². The van der Waals surface area contributed by atoms with Crippen LogP contribution in [0, 0.1) is 28.1 Å². The summed E-state index contributed by atoms with van der Waals surface area (Å²) in [5.74, 6) is -4.04. The number of nitrogens with one attached hydrogen (secondary N) is 4. The molecule has 2 heterocycles. The van der Waals surface area contributed by atoms with Crippen LogP contribution in [0.25, 0.3) is 0 Å². The lowest BCUT2D eigenvalue weighted by atomic mass is 9.80. The molecule has 0 aromatic rings. The van der Waals surface area contributed by atoms with Crippen molar-refractivity contribution < 1.29 is 43.1 Å². The minimum atomic E-state index is -1.14. The number of ketones is 1. The molecule has 1 aliphatic carbocycles. The topological polar surface area (TPSA) is 200 Å². The third kappa shape index (κ3) is 11.8. The summed E-state index contributed by atoms with van der Waals surface area (Å²) in [6.45, 7) is 20.5. The lowest BCUT2D eigenvalue weighted by Crippen LogP contribution is -2.61. The lowest BCUT2D eigenvalue weighted by molar-refractivity contribution is -0.153. The maximum Gasteiger partial charge on any atom is 0.315 e. The fourth-order valence-electron chi connectivity index (χ4n) is 7.80. The van der Waals surface area contributed by atoms with Crippen molar-refractivity contribution in [2.45, 2.75) is 138 Å². The molecule has 0 radical (unpaired) electrons. The molecule has 15 nitrogen and oxygen atoms in total. The molecule has 0 unspecified atom stereocenters. The minimum absolute atomic E-state index is 0.000223. The highest BCUT2D eigenvalue weighted by Gasteiger charge is 2.69. The second-order valence-corrected chi connectivity index (χ2v) is 17.8. The number of amides is 7. The molecule has 4 N–H and O–H groups in total. The van der Waals surface area contributed by atoms with Crippen LogP contribution in [0.2, 0.25) is 0 Å². The van der Waals surface area contributed by atoms with Gasteiger partial charge in [0.15, 0.2) is 0 Å². The molecule has 3 aliphatic rings. The van der Waals surface area contributed by atoms with Crippen molar-refractivity contribution in [1.29, 1.82) is 0 Å². The Labute approximate surface area is 325 Å². The van der Waals surface area contributed by atoms with E-state index in [-0.39, 0.29) is 87.4 Å². The molecule has 2 aliphatic heterocycles. The first kappa shape index (κ1) is 45.1. The number of Topliss-reactive ketones (excluding diaryl/α,β-unsaturated/α-hetero) is 1. The van der Waals surface area contributed by atoms with E-state index in [1.165, 1.54) is 22.8 Å². The van der Waals surface area contributed by atoms with Crippen LogP contribution in [0.15, 0.2) is 12.7 Å². The molecule has 6 atom stereocenters. The Bertz CT molecular complexity index is 1480. The smallest absolute Gasteiger partial charge is 0.315 e. The van der Waals surface area contributed by atoms with Crippen LogP contribution in [-0.4, -0.2) is 108 Å². The van der Waals surface area contributed by atoms with Crippen molar-refractivity contribution in [1.82, 2.24) is 31.1 Å². The molecule has 0 aromatic carbocycles. The van der Waals surface area contributed by atoms with Crippen LogP contribution in [-0.2, 0) is 38.3 Å². The zero-order valence-corrected chi connectivity index (χ0v) is 34.3. The summed E-state index contributed by atoms with van der Waals surface area (Å²) in [7, 11) is 0. The molecule has 0 bridgehead atoms. The van der Waals surface area contributed by atoms with Gasteiger partial charge in [-0.25, -0.2) is 4.79 Å². The van der Waals surface area contributed by atoms with E-state index in [2.05, 4.69) is 27.8 Å². The summed E-state index contributed by atoms with van der Waals surface area (Å²) in [6, 6.07) is -4.58. The first-order chi connectivity index (χ1) is 25.5. The summed E-state index contributed by atoms with van der Waals surface area (Å²) in [4.78, 5) is 108. The van der Waals surface area contributed by atoms with E-state index < -0.39 is 70.5 Å². The van der Waals surface area contributed by atoms with E-state index >= 15 is 0 Å². The maximum atomic E-state index is 14.5. The fraction of sp³-hybridized carbons (Fsp3) is 0.750. The summed E-state index contributed by atoms with van der Waals surface area (Å²) < 4.78 is 5.10. The highest BCUT2D eigenvalue weighted by molar-refractivity contribution is 6.38. The third-order valence-electron chi connectivity index (χ3n) is 11.2. The standard InChI is InChI=1S/C40H64N6O9/c1-11-13-14-16-26(33(50)35(52)41-18-12-2)42-34(51)32-31-25(40(31,9)10)22-46(32)36(53)27(17-15-19-55-24(3)47)43-37(54)44-28(38(4,5)6)23-45-29(48)20-39(7,8)21-30(45)49/h12,25-28,31-32H,2,11,13-23H2,1,3-10H3,(H,41,52)(H,42,51)(H2,43,44,54)/t25-,26-,27-,28+,31-,32-/m0/s1. The van der Waals surface area contributed by atoms with E-state index in [0.717, 1.165) is 12.8 Å². The summed E-state index contributed by atoms with van der Waals surface area (Å²) in [6.07, 6.45) is 4.64. The van der Waals surface area contributed by atoms with Crippen LogP contribution in [0.5, 0.6) is 0 Å². The number of nitrogens with zero attached hydrogens (tertiary/aromatic N) is 2. The van der Waals surface area contributed by atoms with Crippen LogP contribution in [0.1, 0.15) is 114 Å². The average molecular weight is 773 g/mol. The number of imide groups is 1. The fourth-order valence-corrected chi connectivity index (χ4v) is 7.80. The number of ether oxygens (including phenoxy) is 1. The molecule has 0 spiro atoms. The summed E-state index contributed by atoms with van der Waals surface area (Å²) >= 11 is 0. The molecular formula is C40H64N6O9. The van der Waals surface area contributed by atoms with Gasteiger partial charge in [0.2, 0.25) is 29.4 Å². The van der Waals surface area contributed by atoms with Gasteiger partial charge in [-0.2, -0.15) is 0 Å². The molecule has 15 heteroatoms. The number of hydrogen-bond acceptors (Lipinski definition) is 9. The number of rotatable bonds is 19. The Morgan fingerprint density at radius 1 is 0.927 bits per heavy atom. The lowest BCUT2D eigenvalue weighted by Gasteiger charge is -2.40. The first-order valence-electron chi connectivity index (χ1n) is 19.6. The second-order valence-electron chi connectivity index (χ2n) is 17.8. The van der Waals surface area contributed by atoms with Crippen LogP contribution < -0.4 is 21.3 Å². The van der Waals surface area contributed by atoms with E-state index in [4.69, 9.17) is 4.74 Å². The highest BCUT2D eigenvalue weighted by atomic mass is 16.5. The van der Waals surface area contributed by atoms with E-state index in [9.17, 15) is 38.4 Å². The van der Waals surface area contributed by atoms with Gasteiger partial charge in [0.1, 0.15) is 12.1 Å². The van der Waals surface area contributed by atoms with Gasteiger partial charge in [0.05, 0.1) is 18.7 Å². The highest BCUT2D eigenvalue weighted by Crippen LogP contribution is 2.65. The molecule has 0 aromatic heterocycles. The van der Waals surface area contributed by atoms with Crippen molar-refractivity contribution >= 4 is 47.3 Å². The van der Waals surface area contributed by atoms with Gasteiger partial charge in [0.25, 0.3) is 5.91 Å². The van der Waals surface area contributed by atoms with Crippen LogP contribution >= 0.6 is 0 Å². The number of fused-ring (bicyclic) bond motifs is 1. The Balaban J connectivity index is 1.85. The number of unbranched alkanes of at least 4 members (excludes halogenated alkanes) is 2. The van der Waals surface area contributed by atoms with Crippen LogP contribution in [0.4, 0.5) is 4.79 Å². The van der Waals surface area contributed by atoms with E-state index in [0.29, 0.717) is 6.42 Å². The van der Waals surface area contributed by atoms with Gasteiger partial charge in [0, 0.05) is 39.4 Å². The maximum absolute atomic E-state index is 14.5. The Morgan fingerprint density at radius 2 is 1.55 bits per heavy atom. The normalized spacial score (nSPS) is 22.7. The number of carbonyl (C=O) groups is 8. The monoisotopic (exact) mass is 772 g/mol. The number of likely N-dealkylation sites (tertiary alicyclic amines) is 2. The average Bonchev–Trinajstić information content (AvgIpc) is 3.38. The summed E-state index contributed by atoms with van der Waals surface area (Å²) in [5.41, 5.74) is -1.33. The van der Waals surface area contributed by atoms with Gasteiger partial charge < -0.3 is 30.9 Å². The molecule has 3 fully saturated rings. The second kappa shape index (κ2) is 18.6. The third-order valence-corrected chi connectivity index (χ3v) is 11.2. The number of esters is 1. The molecule has 308 valence electrons. The number of piperidine rings is 2. The van der Waals surface area contributed by atoms with E-state index in [1.807, 2.05) is 55.4 Å². The molecule has 55 heavy (non-hydrogen) atoms. The SMILES string of the molecule is C=CCNC(=O)C(=O)[C@H](CCCCC)NC(=O)[C@@H]1[C@@H]2[C@H](CN1C(=O)[C@H](CCCOC(C)=O)NC(=O)N[C@H](CN1C(=O)CC(C)(C)CC1=O)C(C)(C)C)C2(C)C. The van der Waals surface area contributed by atoms with Crippen molar-refractivity contribution in [2.24, 2.45) is 28.1 Å². The van der Waals surface area contributed by atoms with Gasteiger partial charge >= 0.3 is 12.0 Å². The molecular weight excluding hydrogens is 708 g/mol. The minimum Gasteiger partial charge on any atom is -0.466 e. The van der Waals surface area contributed by atoms with Crippen LogP contribution in [0.3, 0.4) is 0 Å². The number of urea groups is 1. The van der Waals surface area contributed by atoms with Gasteiger partial charge in [-0.05, 0) is 47.3 Å². The number of carbonyl (C=O) groups excluding carboxylic acids is 8. The van der Waals surface area contributed by atoms with Crippen molar-refractivity contribution in [3.8, 4) is 0 Å². The molecule has 2 saturated heterocycles. The molecule has 3 rings (SSSR count). The van der Waals surface area contributed by atoms with Gasteiger partial charge in [-0.3, -0.25) is 38.5 Å². The molecule has 7 amide bonds. The predicted octanol–water partition coefficient (Wildman–Crippen LogP) is 3.01. The zero-order valence-electron chi connectivity index (χ0n) is 34.3. The number of hydrogen-bond donors (Lipinski definition) is 4.